The van der Waals surface area contributed by atoms with Crippen molar-refractivity contribution in [2.75, 3.05) is 25.5 Å². The van der Waals surface area contributed by atoms with Crippen LogP contribution < -0.4 is 10.1 Å². The van der Waals surface area contributed by atoms with Gasteiger partial charge in [-0.2, -0.15) is 0 Å². The minimum Gasteiger partial charge on any atom is -0.496 e. The number of carbonyl (C=O) groups is 2. The number of nitrogens with zero attached hydrogens (tertiary/aromatic N) is 2. The Hall–Kier alpha value is -2.54. The van der Waals surface area contributed by atoms with E-state index in [1.165, 1.54) is 7.11 Å². The molecule has 2 heterocycles. The molecule has 138 valence electrons. The van der Waals surface area contributed by atoms with Gasteiger partial charge in [-0.1, -0.05) is 16.8 Å². The minimum atomic E-state index is -0.169. The first-order chi connectivity index (χ1) is 12.5. The average Bonchev–Trinajstić information content (AvgIpc) is 3.06. The van der Waals surface area contributed by atoms with Gasteiger partial charge in [0.2, 0.25) is 5.91 Å². The van der Waals surface area contributed by atoms with Crippen LogP contribution in [0.3, 0.4) is 0 Å². The molecule has 1 saturated heterocycles. The predicted octanol–water partition coefficient (Wildman–Crippen LogP) is 3.14. The highest BCUT2D eigenvalue weighted by Gasteiger charge is 2.29. The van der Waals surface area contributed by atoms with Crippen LogP contribution in [0.1, 0.15) is 29.0 Å². The zero-order valence-electron chi connectivity index (χ0n) is 14.6. The molecule has 0 unspecified atom stereocenters. The normalized spacial score (nSPS) is 15.0. The van der Waals surface area contributed by atoms with Crippen molar-refractivity contribution in [1.82, 2.24) is 10.1 Å². The second-order valence-corrected chi connectivity index (χ2v) is 6.66. The van der Waals surface area contributed by atoms with E-state index in [0.29, 0.717) is 53.8 Å². The van der Waals surface area contributed by atoms with E-state index in [1.54, 1.807) is 36.1 Å². The Morgan fingerprint density at radius 1 is 1.31 bits per heavy atom. The standard InChI is InChI=1S/C18H20ClN3O4/c1-11-9-16(21-26-11)20-17(23)12-5-7-22(8-6-12)18(24)14-10-13(19)3-4-15(14)25-2/h3-4,9-10,12H,5-8H2,1-2H3,(H,20,21,23). The molecule has 2 amide bonds. The van der Waals surface area contributed by atoms with Crippen molar-refractivity contribution in [3.63, 3.8) is 0 Å². The van der Waals surface area contributed by atoms with Crippen LogP contribution >= 0.6 is 11.6 Å². The molecule has 7 nitrogen and oxygen atoms in total. The fraction of sp³-hybridized carbons (Fsp3) is 0.389. The van der Waals surface area contributed by atoms with Crippen molar-refractivity contribution < 1.29 is 18.8 Å². The highest BCUT2D eigenvalue weighted by molar-refractivity contribution is 6.31. The Morgan fingerprint density at radius 3 is 2.65 bits per heavy atom. The number of carbonyl (C=O) groups excluding carboxylic acids is 2. The summed E-state index contributed by atoms with van der Waals surface area (Å²) in [5.41, 5.74) is 0.431. The van der Waals surface area contributed by atoms with Crippen LogP contribution in [0.5, 0.6) is 5.75 Å². The van der Waals surface area contributed by atoms with Crippen molar-refractivity contribution in [2.45, 2.75) is 19.8 Å². The fourth-order valence-corrected chi connectivity index (χ4v) is 3.19. The van der Waals surface area contributed by atoms with E-state index in [2.05, 4.69) is 10.5 Å². The predicted molar refractivity (Wildman–Crippen MR) is 96.5 cm³/mol. The molecule has 26 heavy (non-hydrogen) atoms. The molecular weight excluding hydrogens is 358 g/mol. The lowest BCUT2D eigenvalue weighted by Crippen LogP contribution is -2.41. The third-order valence-corrected chi connectivity index (χ3v) is 4.66. The number of methoxy groups -OCH3 is 1. The SMILES string of the molecule is COc1ccc(Cl)cc1C(=O)N1CCC(C(=O)Nc2cc(C)on2)CC1. The minimum absolute atomic E-state index is 0.106. The van der Waals surface area contributed by atoms with Gasteiger partial charge in [-0.05, 0) is 38.0 Å². The molecule has 0 saturated carbocycles. The summed E-state index contributed by atoms with van der Waals surface area (Å²) in [5, 5.41) is 6.99. The Kier molecular flexibility index (Phi) is 5.46. The maximum absolute atomic E-state index is 12.8. The van der Waals surface area contributed by atoms with E-state index in [4.69, 9.17) is 20.9 Å². The van der Waals surface area contributed by atoms with E-state index < -0.39 is 0 Å². The summed E-state index contributed by atoms with van der Waals surface area (Å²) in [6.45, 7) is 2.74. The molecule has 0 spiro atoms. The number of hydrogen-bond acceptors (Lipinski definition) is 5. The molecule has 0 aliphatic carbocycles. The number of benzene rings is 1. The third kappa shape index (κ3) is 3.99. The van der Waals surface area contributed by atoms with E-state index in [9.17, 15) is 9.59 Å². The Labute approximate surface area is 156 Å². The van der Waals surface area contributed by atoms with Gasteiger partial charge in [-0.25, -0.2) is 0 Å². The molecule has 0 atom stereocenters. The lowest BCUT2D eigenvalue weighted by Gasteiger charge is -2.31. The molecule has 1 N–H and O–H groups in total. The van der Waals surface area contributed by atoms with Gasteiger partial charge in [0.1, 0.15) is 11.5 Å². The molecule has 2 aromatic rings. The number of piperidine rings is 1. The summed E-state index contributed by atoms with van der Waals surface area (Å²) in [6, 6.07) is 6.63. The first kappa shape index (κ1) is 18.3. The lowest BCUT2D eigenvalue weighted by molar-refractivity contribution is -0.121. The molecular formula is C18H20ClN3O4. The molecule has 1 aliphatic rings. The highest BCUT2D eigenvalue weighted by Crippen LogP contribution is 2.27. The van der Waals surface area contributed by atoms with E-state index in [1.807, 2.05) is 0 Å². The second-order valence-electron chi connectivity index (χ2n) is 6.22. The number of anilines is 1. The van der Waals surface area contributed by atoms with Gasteiger partial charge >= 0.3 is 0 Å². The second kappa shape index (κ2) is 7.78. The van der Waals surface area contributed by atoms with Gasteiger partial charge in [-0.3, -0.25) is 9.59 Å². The summed E-state index contributed by atoms with van der Waals surface area (Å²) < 4.78 is 10.2. The number of ether oxygens (including phenoxy) is 1. The molecule has 1 aromatic carbocycles. The number of nitrogens with one attached hydrogen (secondary N) is 1. The summed E-state index contributed by atoms with van der Waals surface area (Å²) in [5.74, 6) is 1.12. The Balaban J connectivity index is 1.60. The average molecular weight is 378 g/mol. The van der Waals surface area contributed by atoms with E-state index in [0.717, 1.165) is 0 Å². The number of aryl methyl sites for hydroxylation is 1. The molecule has 1 aromatic heterocycles. The first-order valence-corrected chi connectivity index (χ1v) is 8.72. The molecule has 1 aliphatic heterocycles. The van der Waals surface area contributed by atoms with Crippen molar-refractivity contribution in [3.8, 4) is 5.75 Å². The monoisotopic (exact) mass is 377 g/mol. The molecule has 3 rings (SSSR count). The topological polar surface area (TPSA) is 84.7 Å². The Morgan fingerprint density at radius 2 is 2.04 bits per heavy atom. The zero-order valence-corrected chi connectivity index (χ0v) is 15.4. The summed E-state index contributed by atoms with van der Waals surface area (Å²) >= 11 is 6.01. The van der Waals surface area contributed by atoms with Crippen LogP contribution in [0.15, 0.2) is 28.8 Å². The van der Waals surface area contributed by atoms with Gasteiger partial charge < -0.3 is 19.5 Å². The van der Waals surface area contributed by atoms with Gasteiger partial charge in [0.25, 0.3) is 5.91 Å². The molecule has 0 radical (unpaired) electrons. The maximum atomic E-state index is 12.8. The van der Waals surface area contributed by atoms with Gasteiger partial charge in [-0.15, -0.1) is 0 Å². The van der Waals surface area contributed by atoms with Gasteiger partial charge in [0.05, 0.1) is 12.7 Å². The number of hydrogen-bond donors (Lipinski definition) is 1. The van der Waals surface area contributed by atoms with Crippen molar-refractivity contribution >= 4 is 29.2 Å². The Bertz CT molecular complexity index is 813. The maximum Gasteiger partial charge on any atom is 0.257 e. The molecule has 0 bridgehead atoms. The third-order valence-electron chi connectivity index (χ3n) is 4.42. The van der Waals surface area contributed by atoms with Gasteiger partial charge in [0.15, 0.2) is 5.82 Å². The van der Waals surface area contributed by atoms with Crippen molar-refractivity contribution in [3.05, 3.63) is 40.6 Å². The summed E-state index contributed by atoms with van der Waals surface area (Å²) in [7, 11) is 1.52. The van der Waals surface area contributed by atoms with Crippen LogP contribution in [0.4, 0.5) is 5.82 Å². The number of rotatable bonds is 4. The van der Waals surface area contributed by atoms with E-state index in [-0.39, 0.29) is 17.7 Å². The van der Waals surface area contributed by atoms with E-state index >= 15 is 0 Å². The summed E-state index contributed by atoms with van der Waals surface area (Å²) in [6.07, 6.45) is 1.16. The number of aromatic nitrogens is 1. The van der Waals surface area contributed by atoms with Crippen molar-refractivity contribution in [1.29, 1.82) is 0 Å². The lowest BCUT2D eigenvalue weighted by atomic mass is 9.95. The van der Waals surface area contributed by atoms with Crippen LogP contribution in [0.2, 0.25) is 5.02 Å². The quantitative estimate of drug-likeness (QED) is 0.884. The molecule has 8 heteroatoms. The number of halogens is 1. The number of likely N-dealkylation sites (tertiary alicyclic amines) is 1. The molecule has 1 fully saturated rings. The van der Waals surface area contributed by atoms with Crippen molar-refractivity contribution in [2.24, 2.45) is 5.92 Å². The van der Waals surface area contributed by atoms with Crippen LogP contribution in [0.25, 0.3) is 0 Å². The smallest absolute Gasteiger partial charge is 0.257 e. The highest BCUT2D eigenvalue weighted by atomic mass is 35.5. The number of amides is 2. The fourth-order valence-electron chi connectivity index (χ4n) is 3.02. The van der Waals surface area contributed by atoms with Gasteiger partial charge in [0, 0.05) is 30.1 Å². The summed E-state index contributed by atoms with van der Waals surface area (Å²) in [4.78, 5) is 26.8. The largest absolute Gasteiger partial charge is 0.496 e. The van der Waals surface area contributed by atoms with Crippen LogP contribution in [0, 0.1) is 12.8 Å². The zero-order chi connectivity index (χ0) is 18.7. The first-order valence-electron chi connectivity index (χ1n) is 8.35. The van der Waals surface area contributed by atoms with Crippen LogP contribution in [-0.4, -0.2) is 42.1 Å². The van der Waals surface area contributed by atoms with Crippen LogP contribution in [-0.2, 0) is 4.79 Å².